The Hall–Kier alpha value is -2.27. The highest BCUT2D eigenvalue weighted by Crippen LogP contribution is 2.36. The van der Waals surface area contributed by atoms with Crippen molar-refractivity contribution in [1.29, 1.82) is 0 Å². The first-order valence-electron chi connectivity index (χ1n) is 9.11. The van der Waals surface area contributed by atoms with E-state index in [1.165, 1.54) is 6.07 Å². The zero-order valence-electron chi connectivity index (χ0n) is 14.5. The number of para-hydroxylation sites is 1. The lowest BCUT2D eigenvalue weighted by Crippen LogP contribution is -2.38. The Bertz CT molecular complexity index is 890. The van der Waals surface area contributed by atoms with Crippen LogP contribution in [-0.4, -0.2) is 22.3 Å². The van der Waals surface area contributed by atoms with Crippen molar-refractivity contribution in [2.45, 2.75) is 38.1 Å². The summed E-state index contributed by atoms with van der Waals surface area (Å²) in [5.41, 5.74) is 1.60. The number of aryl methyl sites for hydroxylation is 1. The van der Waals surface area contributed by atoms with Crippen LogP contribution in [0.25, 0.3) is 10.2 Å². The second-order valence-electron chi connectivity index (χ2n) is 6.71. The number of nitrogens with zero attached hydrogens (tertiary/aromatic N) is 2. The fourth-order valence-electron chi connectivity index (χ4n) is 3.61. The SMILES string of the molecule is O=C(CCc1ccccc1F)N1CCCCC1c1nc2ccccc2s1. The summed E-state index contributed by atoms with van der Waals surface area (Å²) in [5.74, 6) is -0.140. The molecule has 1 amide bonds. The second-order valence-corrected chi connectivity index (χ2v) is 7.77. The highest BCUT2D eigenvalue weighted by molar-refractivity contribution is 7.18. The van der Waals surface area contributed by atoms with Gasteiger partial charge in [-0.25, -0.2) is 9.37 Å². The van der Waals surface area contributed by atoms with Crippen LogP contribution in [-0.2, 0) is 11.2 Å². The Balaban J connectivity index is 1.51. The highest BCUT2D eigenvalue weighted by atomic mass is 32.1. The van der Waals surface area contributed by atoms with Gasteiger partial charge in [0, 0.05) is 13.0 Å². The van der Waals surface area contributed by atoms with Crippen molar-refractivity contribution in [1.82, 2.24) is 9.88 Å². The number of benzene rings is 2. The predicted molar refractivity (Wildman–Crippen MR) is 103 cm³/mol. The Morgan fingerprint density at radius 1 is 1.15 bits per heavy atom. The minimum atomic E-state index is -0.235. The summed E-state index contributed by atoms with van der Waals surface area (Å²) < 4.78 is 15.0. The van der Waals surface area contributed by atoms with Crippen molar-refractivity contribution in [3.63, 3.8) is 0 Å². The molecule has 2 aromatic carbocycles. The largest absolute Gasteiger partial charge is 0.333 e. The van der Waals surface area contributed by atoms with Gasteiger partial charge in [-0.05, 0) is 49.4 Å². The second kappa shape index (κ2) is 7.54. The summed E-state index contributed by atoms with van der Waals surface area (Å²) in [7, 11) is 0. The first-order valence-corrected chi connectivity index (χ1v) is 9.92. The fraction of sp³-hybridized carbons (Fsp3) is 0.333. The molecule has 0 aliphatic carbocycles. The first kappa shape index (κ1) is 17.2. The molecule has 134 valence electrons. The maximum absolute atomic E-state index is 13.8. The molecular weight excluding hydrogens is 347 g/mol. The minimum absolute atomic E-state index is 0.0503. The van der Waals surface area contributed by atoms with Gasteiger partial charge in [0.15, 0.2) is 0 Å². The summed E-state index contributed by atoms with van der Waals surface area (Å²) in [4.78, 5) is 19.6. The molecule has 3 nitrogen and oxygen atoms in total. The number of rotatable bonds is 4. The molecule has 0 bridgehead atoms. The summed E-state index contributed by atoms with van der Waals surface area (Å²) in [6, 6.07) is 14.8. The van der Waals surface area contributed by atoms with Gasteiger partial charge in [0.2, 0.25) is 5.91 Å². The van der Waals surface area contributed by atoms with E-state index in [0.717, 1.165) is 41.0 Å². The lowest BCUT2D eigenvalue weighted by molar-refractivity contribution is -0.135. The summed E-state index contributed by atoms with van der Waals surface area (Å²) >= 11 is 1.68. The molecule has 0 N–H and O–H groups in total. The lowest BCUT2D eigenvalue weighted by Gasteiger charge is -2.34. The summed E-state index contributed by atoms with van der Waals surface area (Å²) in [5, 5.41) is 1.02. The molecule has 1 aliphatic rings. The van der Waals surface area contributed by atoms with Crippen LogP contribution >= 0.6 is 11.3 Å². The number of likely N-dealkylation sites (tertiary alicyclic amines) is 1. The van der Waals surface area contributed by atoms with Gasteiger partial charge in [0.25, 0.3) is 0 Å². The third-order valence-electron chi connectivity index (χ3n) is 4.98. The summed E-state index contributed by atoms with van der Waals surface area (Å²) in [6.07, 6.45) is 3.85. The van der Waals surface area contributed by atoms with Crippen LogP contribution in [0, 0.1) is 5.82 Å². The number of hydrogen-bond donors (Lipinski definition) is 0. The van der Waals surface area contributed by atoms with Crippen LogP contribution in [0.15, 0.2) is 48.5 Å². The van der Waals surface area contributed by atoms with Gasteiger partial charge in [-0.1, -0.05) is 30.3 Å². The van der Waals surface area contributed by atoms with E-state index in [-0.39, 0.29) is 17.8 Å². The van der Waals surface area contributed by atoms with E-state index < -0.39 is 0 Å². The van der Waals surface area contributed by atoms with Gasteiger partial charge in [-0.15, -0.1) is 11.3 Å². The van der Waals surface area contributed by atoms with Crippen molar-refractivity contribution in [3.8, 4) is 0 Å². The molecule has 5 heteroatoms. The van der Waals surface area contributed by atoms with Crippen molar-refractivity contribution < 1.29 is 9.18 Å². The Morgan fingerprint density at radius 2 is 1.96 bits per heavy atom. The number of hydrogen-bond acceptors (Lipinski definition) is 3. The molecule has 1 fully saturated rings. The molecular formula is C21H21FN2OS. The smallest absolute Gasteiger partial charge is 0.223 e. The third-order valence-corrected chi connectivity index (χ3v) is 6.12. The number of halogens is 1. The predicted octanol–water partition coefficient (Wildman–Crippen LogP) is 5.12. The number of amides is 1. The third kappa shape index (κ3) is 3.49. The number of piperidine rings is 1. The van der Waals surface area contributed by atoms with Crippen molar-refractivity contribution in [2.24, 2.45) is 0 Å². The molecule has 2 heterocycles. The quantitative estimate of drug-likeness (QED) is 0.640. The van der Waals surface area contributed by atoms with Crippen molar-refractivity contribution in [2.75, 3.05) is 6.54 Å². The first-order chi connectivity index (χ1) is 12.7. The van der Waals surface area contributed by atoms with Gasteiger partial charge in [0.05, 0.1) is 16.3 Å². The zero-order valence-corrected chi connectivity index (χ0v) is 15.3. The van der Waals surface area contributed by atoms with Crippen LogP contribution in [0.4, 0.5) is 4.39 Å². The van der Waals surface area contributed by atoms with Crippen molar-refractivity contribution >= 4 is 27.5 Å². The average Bonchev–Trinajstić information content (AvgIpc) is 3.11. The van der Waals surface area contributed by atoms with E-state index in [0.29, 0.717) is 18.4 Å². The molecule has 1 aliphatic heterocycles. The highest BCUT2D eigenvalue weighted by Gasteiger charge is 2.30. The number of carbonyl (C=O) groups excluding carboxylic acids is 1. The van der Waals surface area contributed by atoms with Crippen LogP contribution in [0.5, 0.6) is 0 Å². The summed E-state index contributed by atoms with van der Waals surface area (Å²) in [6.45, 7) is 0.761. The van der Waals surface area contributed by atoms with Gasteiger partial charge in [-0.3, -0.25) is 4.79 Å². The van der Waals surface area contributed by atoms with Crippen molar-refractivity contribution in [3.05, 3.63) is 64.9 Å². The van der Waals surface area contributed by atoms with Gasteiger partial charge in [0.1, 0.15) is 10.8 Å². The van der Waals surface area contributed by atoms with Crippen LogP contribution in [0.3, 0.4) is 0 Å². The Labute approximate surface area is 156 Å². The number of thiazole rings is 1. The Morgan fingerprint density at radius 3 is 2.81 bits per heavy atom. The lowest BCUT2D eigenvalue weighted by atomic mass is 10.0. The van der Waals surface area contributed by atoms with E-state index >= 15 is 0 Å². The van der Waals surface area contributed by atoms with Crippen LogP contribution < -0.4 is 0 Å². The standard InChI is InChI=1S/C21H21FN2OS/c22-16-8-2-1-7-15(16)12-13-20(25)24-14-6-5-10-18(24)21-23-17-9-3-4-11-19(17)26-21/h1-4,7-9,11,18H,5-6,10,12-14H2. The maximum atomic E-state index is 13.8. The molecule has 1 atom stereocenters. The normalized spacial score (nSPS) is 17.6. The van der Waals surface area contributed by atoms with Crippen LogP contribution in [0.1, 0.15) is 42.3 Å². The fourth-order valence-corrected chi connectivity index (χ4v) is 4.72. The topological polar surface area (TPSA) is 33.2 Å². The van der Waals surface area contributed by atoms with E-state index in [9.17, 15) is 9.18 Å². The molecule has 1 aromatic heterocycles. The number of fused-ring (bicyclic) bond motifs is 1. The Kier molecular flexibility index (Phi) is 4.98. The number of carbonyl (C=O) groups is 1. The van der Waals surface area contributed by atoms with Gasteiger partial charge in [-0.2, -0.15) is 0 Å². The van der Waals surface area contributed by atoms with E-state index in [1.54, 1.807) is 23.5 Å². The number of aromatic nitrogens is 1. The monoisotopic (exact) mass is 368 g/mol. The molecule has 1 saturated heterocycles. The molecule has 0 radical (unpaired) electrons. The molecule has 3 aromatic rings. The molecule has 4 rings (SSSR count). The van der Waals surface area contributed by atoms with Gasteiger partial charge >= 0.3 is 0 Å². The average molecular weight is 368 g/mol. The molecule has 1 unspecified atom stereocenters. The zero-order chi connectivity index (χ0) is 17.9. The van der Waals surface area contributed by atoms with E-state index in [4.69, 9.17) is 4.98 Å². The van der Waals surface area contributed by atoms with E-state index in [2.05, 4.69) is 6.07 Å². The van der Waals surface area contributed by atoms with E-state index in [1.807, 2.05) is 29.2 Å². The minimum Gasteiger partial charge on any atom is -0.333 e. The van der Waals surface area contributed by atoms with Gasteiger partial charge < -0.3 is 4.90 Å². The maximum Gasteiger partial charge on any atom is 0.223 e. The molecule has 0 saturated carbocycles. The molecule has 26 heavy (non-hydrogen) atoms. The van der Waals surface area contributed by atoms with Crippen LogP contribution in [0.2, 0.25) is 0 Å². The molecule has 0 spiro atoms.